The number of aliphatic hydroxyl groups excluding tert-OH is 1. The summed E-state index contributed by atoms with van der Waals surface area (Å²) in [5.74, 6) is -0.645. The van der Waals surface area contributed by atoms with Crippen LogP contribution in [0.2, 0.25) is 0 Å². The predicted octanol–water partition coefficient (Wildman–Crippen LogP) is 0.766. The lowest BCUT2D eigenvalue weighted by atomic mass is 10.1. The van der Waals surface area contributed by atoms with Crippen LogP contribution in [0.5, 0.6) is 0 Å². The van der Waals surface area contributed by atoms with Crippen molar-refractivity contribution in [3.63, 3.8) is 0 Å². The van der Waals surface area contributed by atoms with Crippen molar-refractivity contribution < 1.29 is 14.6 Å². The first-order valence-corrected chi connectivity index (χ1v) is 3.32. The molecule has 1 N–H and O–H groups in total. The molecular weight excluding hydrogens is 132 g/mol. The SMILES string of the molecule is COC(C)(C[C@@H](C)O)OC. The number of aliphatic hydroxyl groups is 1. The van der Waals surface area contributed by atoms with Gasteiger partial charge in [-0.05, 0) is 13.8 Å². The van der Waals surface area contributed by atoms with E-state index in [1.165, 1.54) is 0 Å². The number of methoxy groups -OCH3 is 2. The van der Waals surface area contributed by atoms with Gasteiger partial charge in [0.2, 0.25) is 0 Å². The highest BCUT2D eigenvalue weighted by atomic mass is 16.7. The van der Waals surface area contributed by atoms with Gasteiger partial charge in [-0.1, -0.05) is 0 Å². The molecule has 0 aromatic heterocycles. The molecule has 0 unspecified atom stereocenters. The van der Waals surface area contributed by atoms with Crippen LogP contribution >= 0.6 is 0 Å². The van der Waals surface area contributed by atoms with Crippen molar-refractivity contribution in [2.75, 3.05) is 14.2 Å². The Hall–Kier alpha value is -0.120. The Morgan fingerprint density at radius 2 is 1.80 bits per heavy atom. The van der Waals surface area contributed by atoms with Crippen LogP contribution in [0, 0.1) is 0 Å². The Kier molecular flexibility index (Phi) is 3.86. The second-order valence-corrected chi connectivity index (χ2v) is 2.60. The van der Waals surface area contributed by atoms with Crippen molar-refractivity contribution in [1.29, 1.82) is 0 Å². The van der Waals surface area contributed by atoms with Gasteiger partial charge in [0.25, 0.3) is 0 Å². The monoisotopic (exact) mass is 148 g/mol. The smallest absolute Gasteiger partial charge is 0.167 e. The number of hydrogen-bond acceptors (Lipinski definition) is 3. The van der Waals surface area contributed by atoms with Crippen molar-refractivity contribution in [2.24, 2.45) is 0 Å². The van der Waals surface area contributed by atoms with Gasteiger partial charge in [0.05, 0.1) is 6.10 Å². The van der Waals surface area contributed by atoms with Crippen LogP contribution in [0.4, 0.5) is 0 Å². The van der Waals surface area contributed by atoms with Crippen molar-refractivity contribution >= 4 is 0 Å². The van der Waals surface area contributed by atoms with Gasteiger partial charge in [-0.3, -0.25) is 0 Å². The Labute approximate surface area is 62.0 Å². The zero-order valence-electron chi connectivity index (χ0n) is 7.05. The predicted molar refractivity (Wildman–Crippen MR) is 38.7 cm³/mol. The average Bonchev–Trinajstić information content (AvgIpc) is 1.87. The van der Waals surface area contributed by atoms with Crippen molar-refractivity contribution in [3.05, 3.63) is 0 Å². The van der Waals surface area contributed by atoms with E-state index in [0.29, 0.717) is 6.42 Å². The summed E-state index contributed by atoms with van der Waals surface area (Å²) < 4.78 is 10.0. The van der Waals surface area contributed by atoms with E-state index in [1.54, 1.807) is 28.1 Å². The van der Waals surface area contributed by atoms with Gasteiger partial charge >= 0.3 is 0 Å². The molecule has 0 spiro atoms. The highest BCUT2D eigenvalue weighted by Crippen LogP contribution is 2.16. The lowest BCUT2D eigenvalue weighted by molar-refractivity contribution is -0.207. The maximum Gasteiger partial charge on any atom is 0.167 e. The zero-order chi connectivity index (χ0) is 8.20. The molecule has 0 saturated heterocycles. The molecule has 0 fully saturated rings. The van der Waals surface area contributed by atoms with Crippen LogP contribution in [-0.4, -0.2) is 31.2 Å². The molecule has 0 radical (unpaired) electrons. The summed E-state index contributed by atoms with van der Waals surface area (Å²) in [7, 11) is 3.12. The minimum atomic E-state index is -0.645. The first-order valence-electron chi connectivity index (χ1n) is 3.32. The highest BCUT2D eigenvalue weighted by molar-refractivity contribution is 4.64. The van der Waals surface area contributed by atoms with Gasteiger partial charge < -0.3 is 14.6 Å². The molecule has 1 atom stereocenters. The van der Waals surface area contributed by atoms with Gasteiger partial charge in [-0.2, -0.15) is 0 Å². The molecule has 0 amide bonds. The van der Waals surface area contributed by atoms with E-state index in [1.807, 2.05) is 0 Å². The molecule has 0 rings (SSSR count). The van der Waals surface area contributed by atoms with Crippen molar-refractivity contribution in [3.8, 4) is 0 Å². The molecule has 62 valence electrons. The molecule has 10 heavy (non-hydrogen) atoms. The Morgan fingerprint density at radius 1 is 1.40 bits per heavy atom. The van der Waals surface area contributed by atoms with Gasteiger partial charge in [-0.25, -0.2) is 0 Å². The third-order valence-electron chi connectivity index (χ3n) is 1.53. The number of rotatable bonds is 4. The fraction of sp³-hybridized carbons (Fsp3) is 1.00. The maximum atomic E-state index is 8.99. The van der Waals surface area contributed by atoms with Crippen LogP contribution in [0.3, 0.4) is 0 Å². The Balaban J connectivity index is 3.80. The van der Waals surface area contributed by atoms with E-state index < -0.39 is 11.9 Å². The first kappa shape index (κ1) is 9.88. The second kappa shape index (κ2) is 3.91. The standard InChI is InChI=1S/C7H16O3/c1-6(8)5-7(2,9-3)10-4/h6,8H,5H2,1-4H3/t6-/m1/s1. The van der Waals surface area contributed by atoms with Gasteiger partial charge in [0, 0.05) is 20.6 Å². The first-order chi connectivity index (χ1) is 4.54. The summed E-state index contributed by atoms with van der Waals surface area (Å²) in [5.41, 5.74) is 0. The zero-order valence-corrected chi connectivity index (χ0v) is 7.05. The van der Waals surface area contributed by atoms with Crippen LogP contribution in [0.15, 0.2) is 0 Å². The lowest BCUT2D eigenvalue weighted by Crippen LogP contribution is -2.33. The van der Waals surface area contributed by atoms with E-state index in [9.17, 15) is 0 Å². The fourth-order valence-electron chi connectivity index (χ4n) is 0.787. The normalized spacial score (nSPS) is 15.3. The largest absolute Gasteiger partial charge is 0.393 e. The van der Waals surface area contributed by atoms with Crippen LogP contribution in [-0.2, 0) is 9.47 Å². The maximum absolute atomic E-state index is 8.99. The topological polar surface area (TPSA) is 38.7 Å². The second-order valence-electron chi connectivity index (χ2n) is 2.60. The quantitative estimate of drug-likeness (QED) is 0.598. The molecule has 3 nitrogen and oxygen atoms in total. The number of hydrogen-bond donors (Lipinski definition) is 1. The molecule has 0 aliphatic carbocycles. The van der Waals surface area contributed by atoms with E-state index >= 15 is 0 Å². The molecule has 0 aromatic rings. The Morgan fingerprint density at radius 3 is 1.90 bits per heavy atom. The van der Waals surface area contributed by atoms with E-state index in [-0.39, 0.29) is 0 Å². The summed E-state index contributed by atoms with van der Waals surface area (Å²) >= 11 is 0. The van der Waals surface area contributed by atoms with Crippen LogP contribution in [0.25, 0.3) is 0 Å². The van der Waals surface area contributed by atoms with Crippen molar-refractivity contribution in [2.45, 2.75) is 32.2 Å². The lowest BCUT2D eigenvalue weighted by Gasteiger charge is -2.27. The molecule has 0 aromatic carbocycles. The van der Waals surface area contributed by atoms with Gasteiger partial charge in [-0.15, -0.1) is 0 Å². The van der Waals surface area contributed by atoms with E-state index in [4.69, 9.17) is 14.6 Å². The summed E-state index contributed by atoms with van der Waals surface area (Å²) in [6, 6.07) is 0. The van der Waals surface area contributed by atoms with Gasteiger partial charge in [0.15, 0.2) is 5.79 Å². The average molecular weight is 148 g/mol. The van der Waals surface area contributed by atoms with E-state index in [2.05, 4.69) is 0 Å². The fourth-order valence-corrected chi connectivity index (χ4v) is 0.787. The molecule has 0 aliphatic rings. The summed E-state index contributed by atoms with van der Waals surface area (Å²) in [6.45, 7) is 3.50. The van der Waals surface area contributed by atoms with Gasteiger partial charge in [0.1, 0.15) is 0 Å². The molecule has 0 saturated carbocycles. The van der Waals surface area contributed by atoms with E-state index in [0.717, 1.165) is 0 Å². The molecule has 3 heteroatoms. The number of ether oxygens (including phenoxy) is 2. The minimum absolute atomic E-state index is 0.398. The third-order valence-corrected chi connectivity index (χ3v) is 1.53. The van der Waals surface area contributed by atoms with Crippen LogP contribution < -0.4 is 0 Å². The van der Waals surface area contributed by atoms with Crippen molar-refractivity contribution in [1.82, 2.24) is 0 Å². The molecule has 0 aliphatic heterocycles. The summed E-state index contributed by atoms with van der Waals surface area (Å²) in [5, 5.41) is 8.99. The van der Waals surface area contributed by atoms with Crippen LogP contribution in [0.1, 0.15) is 20.3 Å². The minimum Gasteiger partial charge on any atom is -0.393 e. The molecule has 0 heterocycles. The summed E-state index contributed by atoms with van der Waals surface area (Å²) in [6.07, 6.45) is 0.0879. The summed E-state index contributed by atoms with van der Waals surface area (Å²) in [4.78, 5) is 0. The third kappa shape index (κ3) is 3.15. The molecule has 0 bridgehead atoms. The molecular formula is C7H16O3. The highest BCUT2D eigenvalue weighted by Gasteiger charge is 2.24. The Bertz CT molecular complexity index is 86.9.